The Morgan fingerprint density at radius 2 is 1.80 bits per heavy atom. The molecule has 2 aromatic carbocycles. The third-order valence-electron chi connectivity index (χ3n) is 3.75. The van der Waals surface area contributed by atoms with Crippen molar-refractivity contribution in [2.24, 2.45) is 11.7 Å². The summed E-state index contributed by atoms with van der Waals surface area (Å²) in [5.41, 5.74) is 9.41. The van der Waals surface area contributed by atoms with Crippen LogP contribution in [-0.2, 0) is 6.42 Å². The van der Waals surface area contributed by atoms with E-state index in [-0.39, 0.29) is 0 Å². The van der Waals surface area contributed by atoms with E-state index in [1.54, 1.807) is 0 Å². The van der Waals surface area contributed by atoms with Crippen molar-refractivity contribution in [3.63, 3.8) is 0 Å². The van der Waals surface area contributed by atoms with E-state index in [2.05, 4.69) is 42.5 Å². The zero-order valence-electron chi connectivity index (χ0n) is 11.7. The Bertz CT molecular complexity index is 561. The Hall–Kier alpha value is -1.80. The first kappa shape index (κ1) is 13.2. The third kappa shape index (κ3) is 3.20. The molecule has 0 heterocycles. The molecule has 2 aromatic rings. The van der Waals surface area contributed by atoms with Gasteiger partial charge in [-0.05, 0) is 60.5 Å². The fraction of sp³-hybridized carbons (Fsp3) is 0.333. The number of ether oxygens (including phenoxy) is 1. The van der Waals surface area contributed by atoms with Gasteiger partial charge in [0.25, 0.3) is 0 Å². The molecule has 104 valence electrons. The molecule has 0 bridgehead atoms. The molecule has 0 amide bonds. The van der Waals surface area contributed by atoms with E-state index in [0.29, 0.717) is 6.54 Å². The van der Waals surface area contributed by atoms with Crippen molar-refractivity contribution >= 4 is 0 Å². The minimum absolute atomic E-state index is 0.651. The molecule has 1 fully saturated rings. The van der Waals surface area contributed by atoms with Crippen molar-refractivity contribution in [3.05, 3.63) is 54.1 Å². The molecule has 0 aliphatic heterocycles. The average molecular weight is 267 g/mol. The van der Waals surface area contributed by atoms with E-state index in [0.717, 1.165) is 24.7 Å². The van der Waals surface area contributed by atoms with Gasteiger partial charge in [0, 0.05) is 0 Å². The SMILES string of the molecule is NCCc1cc(-c2ccccc2)ccc1OCC1CC1. The first-order valence-corrected chi connectivity index (χ1v) is 7.38. The Morgan fingerprint density at radius 1 is 1.00 bits per heavy atom. The molecule has 0 unspecified atom stereocenters. The highest BCUT2D eigenvalue weighted by atomic mass is 16.5. The van der Waals surface area contributed by atoms with E-state index in [9.17, 15) is 0 Å². The molecule has 0 spiro atoms. The lowest BCUT2D eigenvalue weighted by atomic mass is 10.0. The largest absolute Gasteiger partial charge is 0.493 e. The summed E-state index contributed by atoms with van der Waals surface area (Å²) in [6.45, 7) is 1.50. The van der Waals surface area contributed by atoms with Crippen molar-refractivity contribution < 1.29 is 4.74 Å². The number of rotatable bonds is 6. The fourth-order valence-electron chi connectivity index (χ4n) is 2.37. The number of benzene rings is 2. The van der Waals surface area contributed by atoms with E-state index in [1.165, 1.54) is 29.5 Å². The van der Waals surface area contributed by atoms with Gasteiger partial charge in [-0.25, -0.2) is 0 Å². The second-order valence-corrected chi connectivity index (χ2v) is 5.48. The molecule has 0 atom stereocenters. The van der Waals surface area contributed by atoms with Gasteiger partial charge in [0.2, 0.25) is 0 Å². The van der Waals surface area contributed by atoms with Crippen LogP contribution in [0, 0.1) is 5.92 Å². The van der Waals surface area contributed by atoms with Crippen molar-refractivity contribution in [1.29, 1.82) is 0 Å². The predicted molar refractivity (Wildman–Crippen MR) is 82.9 cm³/mol. The monoisotopic (exact) mass is 267 g/mol. The Balaban J connectivity index is 1.84. The van der Waals surface area contributed by atoms with E-state index >= 15 is 0 Å². The molecule has 0 aromatic heterocycles. The standard InChI is InChI=1S/C18H21NO/c19-11-10-17-12-16(15-4-2-1-3-5-15)8-9-18(17)20-13-14-6-7-14/h1-5,8-9,12,14H,6-7,10-11,13,19H2. The molecule has 0 saturated heterocycles. The molecule has 20 heavy (non-hydrogen) atoms. The molecule has 0 radical (unpaired) electrons. The highest BCUT2D eigenvalue weighted by Gasteiger charge is 2.22. The van der Waals surface area contributed by atoms with Crippen molar-refractivity contribution in [2.75, 3.05) is 13.2 Å². The summed E-state index contributed by atoms with van der Waals surface area (Å²) in [6.07, 6.45) is 3.49. The maximum atomic E-state index is 5.95. The zero-order chi connectivity index (χ0) is 13.8. The first-order chi connectivity index (χ1) is 9.86. The van der Waals surface area contributed by atoms with Gasteiger partial charge in [0.05, 0.1) is 6.61 Å². The smallest absolute Gasteiger partial charge is 0.122 e. The minimum Gasteiger partial charge on any atom is -0.493 e. The Labute approximate surface area is 120 Å². The van der Waals surface area contributed by atoms with Gasteiger partial charge in [-0.15, -0.1) is 0 Å². The molecule has 2 nitrogen and oxygen atoms in total. The zero-order valence-corrected chi connectivity index (χ0v) is 11.7. The summed E-state index contributed by atoms with van der Waals surface area (Å²) in [5.74, 6) is 1.77. The lowest BCUT2D eigenvalue weighted by Gasteiger charge is -2.13. The lowest BCUT2D eigenvalue weighted by Crippen LogP contribution is -2.07. The molecule has 2 heteroatoms. The molecular weight excluding hydrogens is 246 g/mol. The lowest BCUT2D eigenvalue weighted by molar-refractivity contribution is 0.297. The van der Waals surface area contributed by atoms with Crippen molar-refractivity contribution in [3.8, 4) is 16.9 Å². The van der Waals surface area contributed by atoms with E-state index in [4.69, 9.17) is 10.5 Å². The van der Waals surface area contributed by atoms with Gasteiger partial charge in [0.1, 0.15) is 5.75 Å². The first-order valence-electron chi connectivity index (χ1n) is 7.38. The van der Waals surface area contributed by atoms with Crippen molar-refractivity contribution in [1.82, 2.24) is 0 Å². The van der Waals surface area contributed by atoms with Crippen LogP contribution in [0.15, 0.2) is 48.5 Å². The van der Waals surface area contributed by atoms with Gasteiger partial charge in [-0.1, -0.05) is 36.4 Å². The number of hydrogen-bond acceptors (Lipinski definition) is 2. The fourth-order valence-corrected chi connectivity index (χ4v) is 2.37. The van der Waals surface area contributed by atoms with Crippen LogP contribution in [0.5, 0.6) is 5.75 Å². The molecular formula is C18H21NO. The van der Waals surface area contributed by atoms with E-state index in [1.807, 2.05) is 6.07 Å². The summed E-state index contributed by atoms with van der Waals surface area (Å²) in [5, 5.41) is 0. The van der Waals surface area contributed by atoms with Gasteiger partial charge in [0.15, 0.2) is 0 Å². The van der Waals surface area contributed by atoms with Gasteiger partial charge in [-0.2, -0.15) is 0 Å². The van der Waals surface area contributed by atoms with E-state index < -0.39 is 0 Å². The van der Waals surface area contributed by atoms with Crippen LogP contribution < -0.4 is 10.5 Å². The van der Waals surface area contributed by atoms with Crippen LogP contribution in [0.1, 0.15) is 18.4 Å². The van der Waals surface area contributed by atoms with Gasteiger partial charge in [-0.3, -0.25) is 0 Å². The third-order valence-corrected chi connectivity index (χ3v) is 3.75. The summed E-state index contributed by atoms with van der Waals surface area (Å²) in [6, 6.07) is 16.9. The van der Waals surface area contributed by atoms with Crippen LogP contribution in [-0.4, -0.2) is 13.2 Å². The van der Waals surface area contributed by atoms with Crippen LogP contribution in [0.2, 0.25) is 0 Å². The summed E-state index contributed by atoms with van der Waals surface area (Å²) < 4.78 is 5.95. The van der Waals surface area contributed by atoms with Crippen LogP contribution in [0.3, 0.4) is 0 Å². The molecule has 2 N–H and O–H groups in total. The molecule has 1 saturated carbocycles. The second-order valence-electron chi connectivity index (χ2n) is 5.48. The highest BCUT2D eigenvalue weighted by molar-refractivity contribution is 5.65. The van der Waals surface area contributed by atoms with Crippen LogP contribution in [0.4, 0.5) is 0 Å². The summed E-state index contributed by atoms with van der Waals surface area (Å²) in [4.78, 5) is 0. The quantitative estimate of drug-likeness (QED) is 0.867. The van der Waals surface area contributed by atoms with Gasteiger partial charge >= 0.3 is 0 Å². The maximum Gasteiger partial charge on any atom is 0.122 e. The Kier molecular flexibility index (Phi) is 4.03. The number of hydrogen-bond donors (Lipinski definition) is 1. The van der Waals surface area contributed by atoms with Crippen LogP contribution in [0.25, 0.3) is 11.1 Å². The molecule has 3 rings (SSSR count). The normalized spacial score (nSPS) is 14.2. The Morgan fingerprint density at radius 3 is 2.50 bits per heavy atom. The van der Waals surface area contributed by atoms with Gasteiger partial charge < -0.3 is 10.5 Å². The maximum absolute atomic E-state index is 5.95. The average Bonchev–Trinajstić information content (AvgIpc) is 3.31. The predicted octanol–water partition coefficient (Wildman–Crippen LogP) is 3.64. The number of nitrogens with two attached hydrogens (primary N) is 1. The minimum atomic E-state index is 0.651. The second kappa shape index (κ2) is 6.10. The van der Waals surface area contributed by atoms with Crippen LogP contribution >= 0.6 is 0 Å². The summed E-state index contributed by atoms with van der Waals surface area (Å²) >= 11 is 0. The van der Waals surface area contributed by atoms with Crippen molar-refractivity contribution in [2.45, 2.75) is 19.3 Å². The molecule has 1 aliphatic carbocycles. The molecule has 1 aliphatic rings. The summed E-state index contributed by atoms with van der Waals surface area (Å²) in [7, 11) is 0. The topological polar surface area (TPSA) is 35.2 Å². The highest BCUT2D eigenvalue weighted by Crippen LogP contribution is 2.32.